The zero-order valence-corrected chi connectivity index (χ0v) is 17.8. The normalized spacial score (nSPS) is 13.9. The van der Waals surface area contributed by atoms with E-state index in [4.69, 9.17) is 11.6 Å². The van der Waals surface area contributed by atoms with E-state index in [-0.39, 0.29) is 11.8 Å². The molecule has 0 spiro atoms. The topological polar surface area (TPSA) is 62.3 Å². The molecule has 2 aromatic carbocycles. The van der Waals surface area contributed by atoms with Crippen LogP contribution in [0.25, 0.3) is 11.3 Å². The fraction of sp³-hybridized carbons (Fsp3) is 0.190. The van der Waals surface area contributed by atoms with E-state index in [0.29, 0.717) is 21.3 Å². The highest BCUT2D eigenvalue weighted by atomic mass is 35.5. The molecule has 8 heteroatoms. The minimum atomic E-state index is -0.265. The molecule has 1 saturated heterocycles. The monoisotopic (exact) mass is 443 g/mol. The molecular formula is C21H18ClN3O2S2. The molecule has 29 heavy (non-hydrogen) atoms. The molecule has 1 aromatic heterocycles. The number of nitrogens with one attached hydrogen (secondary N) is 1. The van der Waals surface area contributed by atoms with Crippen LogP contribution in [0.3, 0.4) is 0 Å². The molecule has 1 aliphatic rings. The number of aromatic nitrogens is 1. The molecule has 2 amide bonds. The van der Waals surface area contributed by atoms with Gasteiger partial charge in [-0.1, -0.05) is 29.8 Å². The fourth-order valence-electron chi connectivity index (χ4n) is 3.01. The molecule has 0 aliphatic carbocycles. The molecule has 2 heterocycles. The molecule has 3 aromatic rings. The summed E-state index contributed by atoms with van der Waals surface area (Å²) in [6, 6.07) is 14.2. The molecule has 0 saturated carbocycles. The third-order valence-corrected chi connectivity index (χ3v) is 6.60. The van der Waals surface area contributed by atoms with Crippen LogP contribution < -0.4 is 5.32 Å². The van der Waals surface area contributed by atoms with Crippen molar-refractivity contribution in [2.24, 2.45) is 0 Å². The highest BCUT2D eigenvalue weighted by molar-refractivity contribution is 7.99. The zero-order valence-electron chi connectivity index (χ0n) is 15.4. The number of thiazole rings is 1. The maximum absolute atomic E-state index is 12.5. The summed E-state index contributed by atoms with van der Waals surface area (Å²) in [5.74, 6) is 1.69. The standard InChI is InChI=1S/C21H18ClN3O2S2/c22-17-4-2-1-3-16(17)18-13-29-21(23-18)24-19(26)14-5-7-15(8-6-14)20(27)25-9-11-28-12-10-25/h1-8,13H,9-12H2,(H,23,24,26). The average molecular weight is 444 g/mol. The van der Waals surface area contributed by atoms with Gasteiger partial charge in [-0.05, 0) is 30.3 Å². The first-order valence-corrected chi connectivity index (χ1v) is 11.5. The van der Waals surface area contributed by atoms with E-state index >= 15 is 0 Å². The Hall–Kier alpha value is -2.35. The lowest BCUT2D eigenvalue weighted by Crippen LogP contribution is -2.37. The van der Waals surface area contributed by atoms with Gasteiger partial charge in [0, 0.05) is 51.7 Å². The van der Waals surface area contributed by atoms with Gasteiger partial charge >= 0.3 is 0 Å². The molecule has 0 bridgehead atoms. The number of carbonyl (C=O) groups is 2. The van der Waals surface area contributed by atoms with Crippen molar-refractivity contribution in [3.8, 4) is 11.3 Å². The minimum absolute atomic E-state index is 0.0153. The number of anilines is 1. The molecule has 148 valence electrons. The average Bonchev–Trinajstić information content (AvgIpc) is 3.22. The van der Waals surface area contributed by atoms with Gasteiger partial charge in [-0.2, -0.15) is 11.8 Å². The van der Waals surface area contributed by atoms with Gasteiger partial charge < -0.3 is 4.90 Å². The van der Waals surface area contributed by atoms with E-state index in [1.165, 1.54) is 11.3 Å². The van der Waals surface area contributed by atoms with Crippen LogP contribution in [-0.4, -0.2) is 46.3 Å². The lowest BCUT2D eigenvalue weighted by atomic mass is 10.1. The Morgan fingerprint density at radius 3 is 2.41 bits per heavy atom. The van der Waals surface area contributed by atoms with Crippen molar-refractivity contribution in [1.82, 2.24) is 9.88 Å². The van der Waals surface area contributed by atoms with Crippen molar-refractivity contribution >= 4 is 51.6 Å². The molecule has 1 aliphatic heterocycles. The quantitative estimate of drug-likeness (QED) is 0.622. The third-order valence-electron chi connectivity index (χ3n) is 4.57. The first-order chi connectivity index (χ1) is 14.1. The molecule has 5 nitrogen and oxygen atoms in total. The number of thioether (sulfide) groups is 1. The van der Waals surface area contributed by atoms with Crippen molar-refractivity contribution in [3.63, 3.8) is 0 Å². The van der Waals surface area contributed by atoms with Crippen molar-refractivity contribution in [1.29, 1.82) is 0 Å². The maximum Gasteiger partial charge on any atom is 0.257 e. The first-order valence-electron chi connectivity index (χ1n) is 9.11. The second-order valence-electron chi connectivity index (χ2n) is 6.45. The molecule has 0 radical (unpaired) electrons. The number of nitrogens with zero attached hydrogens (tertiary/aromatic N) is 2. The fourth-order valence-corrected chi connectivity index (χ4v) is 4.85. The van der Waals surface area contributed by atoms with Crippen molar-refractivity contribution < 1.29 is 9.59 Å². The van der Waals surface area contributed by atoms with Crippen LogP contribution in [0.15, 0.2) is 53.9 Å². The van der Waals surface area contributed by atoms with Crippen LogP contribution in [0, 0.1) is 0 Å². The number of hydrogen-bond donors (Lipinski definition) is 1. The van der Waals surface area contributed by atoms with Gasteiger partial charge in [0.1, 0.15) is 0 Å². The summed E-state index contributed by atoms with van der Waals surface area (Å²) >= 11 is 9.41. The highest BCUT2D eigenvalue weighted by Crippen LogP contribution is 2.30. The summed E-state index contributed by atoms with van der Waals surface area (Å²) in [6.45, 7) is 1.53. The molecular weight excluding hydrogens is 426 g/mol. The number of hydrogen-bond acceptors (Lipinski definition) is 5. The van der Waals surface area contributed by atoms with Gasteiger partial charge in [0.05, 0.1) is 5.69 Å². The minimum Gasteiger partial charge on any atom is -0.337 e. The summed E-state index contributed by atoms with van der Waals surface area (Å²) < 4.78 is 0. The van der Waals surface area contributed by atoms with Crippen LogP contribution >= 0.6 is 34.7 Å². The Morgan fingerprint density at radius 2 is 1.69 bits per heavy atom. The van der Waals surface area contributed by atoms with Crippen molar-refractivity contribution in [2.75, 3.05) is 29.9 Å². The first kappa shape index (κ1) is 19.9. The third kappa shape index (κ3) is 4.63. The van der Waals surface area contributed by atoms with E-state index in [2.05, 4.69) is 10.3 Å². The smallest absolute Gasteiger partial charge is 0.257 e. The van der Waals surface area contributed by atoms with Gasteiger partial charge in [-0.25, -0.2) is 4.98 Å². The van der Waals surface area contributed by atoms with E-state index in [1.54, 1.807) is 30.3 Å². The predicted molar refractivity (Wildman–Crippen MR) is 120 cm³/mol. The van der Waals surface area contributed by atoms with Crippen LogP contribution in [0.5, 0.6) is 0 Å². The Bertz CT molecular complexity index is 1030. The molecule has 0 atom stereocenters. The van der Waals surface area contributed by atoms with E-state index in [1.807, 2.05) is 40.2 Å². The van der Waals surface area contributed by atoms with Gasteiger partial charge in [-0.3, -0.25) is 14.9 Å². The van der Waals surface area contributed by atoms with E-state index in [9.17, 15) is 9.59 Å². The number of carbonyl (C=O) groups excluding carboxylic acids is 2. The Balaban J connectivity index is 1.42. The van der Waals surface area contributed by atoms with Crippen LogP contribution in [0.2, 0.25) is 5.02 Å². The lowest BCUT2D eigenvalue weighted by Gasteiger charge is -2.26. The van der Waals surface area contributed by atoms with E-state index < -0.39 is 0 Å². The maximum atomic E-state index is 12.5. The number of benzene rings is 2. The summed E-state index contributed by atoms with van der Waals surface area (Å²) in [5.41, 5.74) is 2.62. The number of rotatable bonds is 4. The molecule has 1 fully saturated rings. The van der Waals surface area contributed by atoms with Crippen LogP contribution in [-0.2, 0) is 0 Å². The van der Waals surface area contributed by atoms with Crippen LogP contribution in [0.1, 0.15) is 20.7 Å². The summed E-state index contributed by atoms with van der Waals surface area (Å²) in [6.07, 6.45) is 0. The largest absolute Gasteiger partial charge is 0.337 e. The predicted octanol–water partition coefficient (Wildman–Crippen LogP) is 4.90. The van der Waals surface area contributed by atoms with E-state index in [0.717, 1.165) is 35.9 Å². The van der Waals surface area contributed by atoms with Crippen molar-refractivity contribution in [2.45, 2.75) is 0 Å². The summed E-state index contributed by atoms with van der Waals surface area (Å²) in [5, 5.41) is 5.77. The number of halogens is 1. The summed E-state index contributed by atoms with van der Waals surface area (Å²) in [4.78, 5) is 31.4. The lowest BCUT2D eigenvalue weighted by molar-refractivity contribution is 0.0772. The molecule has 4 rings (SSSR count). The van der Waals surface area contributed by atoms with Crippen LogP contribution in [0.4, 0.5) is 5.13 Å². The zero-order chi connectivity index (χ0) is 20.2. The second-order valence-corrected chi connectivity index (χ2v) is 8.94. The number of amides is 2. The van der Waals surface area contributed by atoms with Gasteiger partial charge in [0.2, 0.25) is 0 Å². The Morgan fingerprint density at radius 1 is 1.00 bits per heavy atom. The van der Waals surface area contributed by atoms with Gasteiger partial charge in [0.25, 0.3) is 11.8 Å². The molecule has 0 unspecified atom stereocenters. The van der Waals surface area contributed by atoms with Gasteiger partial charge in [-0.15, -0.1) is 11.3 Å². The van der Waals surface area contributed by atoms with Crippen molar-refractivity contribution in [3.05, 3.63) is 70.1 Å². The Labute approximate surface area is 182 Å². The second kappa shape index (κ2) is 8.98. The van der Waals surface area contributed by atoms with Gasteiger partial charge in [0.15, 0.2) is 5.13 Å². The summed E-state index contributed by atoms with van der Waals surface area (Å²) in [7, 11) is 0. The highest BCUT2D eigenvalue weighted by Gasteiger charge is 2.19. The SMILES string of the molecule is O=C(Nc1nc(-c2ccccc2Cl)cs1)c1ccc(C(=O)N2CCSCC2)cc1. The Kier molecular flexibility index (Phi) is 6.18. The molecule has 1 N–H and O–H groups in total.